The normalized spacial score (nSPS) is 17.4. The lowest BCUT2D eigenvalue weighted by Crippen LogP contribution is -2.34. The quantitative estimate of drug-likeness (QED) is 0.643. The molecule has 2 atom stereocenters. The summed E-state index contributed by atoms with van der Waals surface area (Å²) in [5.74, 6) is -1.23. The zero-order valence-corrected chi connectivity index (χ0v) is 18.8. The standard InChI is InChI=1S/C24H29N3O5/c1-24(2,3)32-20(28)12-16-11-19(16)26-21(29)17-10-18(22(30)25-4)23(31)27(14-17)13-15-8-6-5-7-9-15/h5-10,14,16,19H,11-13H2,1-4H3,(H,25,30)(H,26,29)/t16-,19+/m1/s1. The van der Waals surface area contributed by atoms with E-state index in [1.165, 1.54) is 23.9 Å². The molecule has 2 N–H and O–H groups in total. The van der Waals surface area contributed by atoms with Crippen LogP contribution in [0.5, 0.6) is 0 Å². The van der Waals surface area contributed by atoms with Crippen molar-refractivity contribution >= 4 is 17.8 Å². The highest BCUT2D eigenvalue weighted by Gasteiger charge is 2.40. The fraction of sp³-hybridized carbons (Fsp3) is 0.417. The minimum atomic E-state index is -0.555. The van der Waals surface area contributed by atoms with Crippen molar-refractivity contribution in [3.63, 3.8) is 0 Å². The van der Waals surface area contributed by atoms with Crippen LogP contribution in [0.15, 0.2) is 47.4 Å². The molecule has 1 aliphatic carbocycles. The molecule has 1 aromatic carbocycles. The Morgan fingerprint density at radius 1 is 1.12 bits per heavy atom. The van der Waals surface area contributed by atoms with Gasteiger partial charge in [0, 0.05) is 19.3 Å². The maximum absolute atomic E-state index is 12.9. The van der Waals surface area contributed by atoms with Gasteiger partial charge in [-0.3, -0.25) is 19.2 Å². The van der Waals surface area contributed by atoms with E-state index in [0.29, 0.717) is 6.42 Å². The van der Waals surface area contributed by atoms with Crippen molar-refractivity contribution in [2.75, 3.05) is 7.05 Å². The molecule has 1 aromatic heterocycles. The van der Waals surface area contributed by atoms with Crippen molar-refractivity contribution in [2.24, 2.45) is 5.92 Å². The van der Waals surface area contributed by atoms with Gasteiger partial charge >= 0.3 is 5.97 Å². The second-order valence-corrected chi connectivity index (χ2v) is 9.01. The van der Waals surface area contributed by atoms with Crippen molar-refractivity contribution in [3.8, 4) is 0 Å². The van der Waals surface area contributed by atoms with E-state index in [1.54, 1.807) is 0 Å². The largest absolute Gasteiger partial charge is 0.460 e. The maximum Gasteiger partial charge on any atom is 0.306 e. The third kappa shape index (κ3) is 6.06. The van der Waals surface area contributed by atoms with Gasteiger partial charge in [0.2, 0.25) is 0 Å². The second kappa shape index (κ2) is 9.38. The predicted octanol–water partition coefficient (Wildman–Crippen LogP) is 2.11. The van der Waals surface area contributed by atoms with E-state index in [1.807, 2.05) is 51.1 Å². The van der Waals surface area contributed by atoms with Crippen LogP contribution in [0.1, 0.15) is 59.9 Å². The number of carbonyl (C=O) groups excluding carboxylic acids is 3. The first-order valence-corrected chi connectivity index (χ1v) is 10.6. The van der Waals surface area contributed by atoms with Crippen molar-refractivity contribution < 1.29 is 19.1 Å². The van der Waals surface area contributed by atoms with Crippen LogP contribution < -0.4 is 16.2 Å². The molecule has 0 spiro atoms. The highest BCUT2D eigenvalue weighted by atomic mass is 16.6. The second-order valence-electron chi connectivity index (χ2n) is 9.01. The molecule has 0 bridgehead atoms. The van der Waals surface area contributed by atoms with Gasteiger partial charge < -0.3 is 19.9 Å². The Hall–Kier alpha value is -3.42. The summed E-state index contributed by atoms with van der Waals surface area (Å²) in [5.41, 5.74) is -0.0409. The number of benzene rings is 1. The van der Waals surface area contributed by atoms with Gasteiger partial charge in [0.05, 0.1) is 18.5 Å². The Bertz CT molecular complexity index is 1070. The van der Waals surface area contributed by atoms with Gasteiger partial charge in [-0.2, -0.15) is 0 Å². The summed E-state index contributed by atoms with van der Waals surface area (Å²) in [7, 11) is 1.43. The van der Waals surface area contributed by atoms with Crippen molar-refractivity contribution in [1.29, 1.82) is 0 Å². The summed E-state index contributed by atoms with van der Waals surface area (Å²) >= 11 is 0. The SMILES string of the molecule is CNC(=O)c1cc(C(=O)N[C@H]2C[C@@H]2CC(=O)OC(C)(C)C)cn(Cc2ccccc2)c1=O. The predicted molar refractivity (Wildman–Crippen MR) is 119 cm³/mol. The number of esters is 1. The third-order valence-corrected chi connectivity index (χ3v) is 5.10. The molecule has 0 unspecified atom stereocenters. The molecule has 2 aromatic rings. The molecule has 32 heavy (non-hydrogen) atoms. The minimum absolute atomic E-state index is 0.0161. The zero-order valence-electron chi connectivity index (χ0n) is 18.8. The lowest BCUT2D eigenvalue weighted by atomic mass is 10.1. The first kappa shape index (κ1) is 23.2. The summed E-state index contributed by atoms with van der Waals surface area (Å²) in [6.07, 6.45) is 2.37. The average Bonchev–Trinajstić information content (AvgIpc) is 3.44. The first-order valence-electron chi connectivity index (χ1n) is 10.6. The van der Waals surface area contributed by atoms with Crippen LogP contribution in [-0.4, -0.2) is 41.0 Å². The number of pyridine rings is 1. The molecule has 170 valence electrons. The summed E-state index contributed by atoms with van der Waals surface area (Å²) < 4.78 is 6.69. The molecule has 8 nitrogen and oxygen atoms in total. The number of nitrogens with one attached hydrogen (secondary N) is 2. The van der Waals surface area contributed by atoms with E-state index in [-0.39, 0.29) is 42.0 Å². The summed E-state index contributed by atoms with van der Waals surface area (Å²) in [4.78, 5) is 49.9. The van der Waals surface area contributed by atoms with E-state index in [9.17, 15) is 19.2 Å². The van der Waals surface area contributed by atoms with Gasteiger partial charge in [-0.05, 0) is 44.7 Å². The van der Waals surface area contributed by atoms with Crippen LogP contribution in [0, 0.1) is 5.92 Å². The van der Waals surface area contributed by atoms with Gasteiger partial charge in [-0.15, -0.1) is 0 Å². The Morgan fingerprint density at radius 2 is 1.81 bits per heavy atom. The number of hydrogen-bond donors (Lipinski definition) is 2. The first-order chi connectivity index (χ1) is 15.1. The molecule has 1 aliphatic rings. The van der Waals surface area contributed by atoms with Crippen molar-refractivity contribution in [1.82, 2.24) is 15.2 Å². The number of ether oxygens (including phenoxy) is 1. The van der Waals surface area contributed by atoms with Crippen molar-refractivity contribution in [3.05, 3.63) is 69.6 Å². The van der Waals surface area contributed by atoms with Crippen LogP contribution >= 0.6 is 0 Å². The maximum atomic E-state index is 12.9. The topological polar surface area (TPSA) is 106 Å². The van der Waals surface area contributed by atoms with E-state index in [4.69, 9.17) is 4.74 Å². The number of nitrogens with zero attached hydrogens (tertiary/aromatic N) is 1. The van der Waals surface area contributed by atoms with E-state index < -0.39 is 23.0 Å². The molecule has 1 heterocycles. The number of amides is 2. The molecule has 8 heteroatoms. The van der Waals surface area contributed by atoms with Gasteiger partial charge in [-0.25, -0.2) is 0 Å². The van der Waals surface area contributed by atoms with E-state index in [2.05, 4.69) is 10.6 Å². The average molecular weight is 440 g/mol. The lowest BCUT2D eigenvalue weighted by Gasteiger charge is -2.19. The number of rotatable bonds is 7. The molecule has 1 saturated carbocycles. The highest BCUT2D eigenvalue weighted by Crippen LogP contribution is 2.34. The molecule has 3 rings (SSSR count). The van der Waals surface area contributed by atoms with Crippen molar-refractivity contribution in [2.45, 2.75) is 51.8 Å². The smallest absolute Gasteiger partial charge is 0.306 e. The van der Waals surface area contributed by atoms with Crippen LogP contribution in [-0.2, 0) is 16.1 Å². The number of aromatic nitrogens is 1. The fourth-order valence-electron chi connectivity index (χ4n) is 3.45. The number of hydrogen-bond acceptors (Lipinski definition) is 5. The third-order valence-electron chi connectivity index (χ3n) is 5.10. The van der Waals surface area contributed by atoms with Crippen LogP contribution in [0.25, 0.3) is 0 Å². The number of carbonyl (C=O) groups is 3. The summed E-state index contributed by atoms with van der Waals surface area (Å²) in [6, 6.07) is 10.5. The molecular formula is C24H29N3O5. The Balaban J connectivity index is 1.74. The Labute approximate surface area is 187 Å². The molecular weight excluding hydrogens is 410 g/mol. The summed E-state index contributed by atoms with van der Waals surface area (Å²) in [6.45, 7) is 5.66. The van der Waals surface area contributed by atoms with Gasteiger partial charge in [0.15, 0.2) is 0 Å². The monoisotopic (exact) mass is 439 g/mol. The van der Waals surface area contributed by atoms with Gasteiger partial charge in [0.25, 0.3) is 17.4 Å². The minimum Gasteiger partial charge on any atom is -0.460 e. The van der Waals surface area contributed by atoms with Crippen LogP contribution in [0.3, 0.4) is 0 Å². The van der Waals surface area contributed by atoms with E-state index >= 15 is 0 Å². The fourth-order valence-corrected chi connectivity index (χ4v) is 3.45. The van der Waals surface area contributed by atoms with Gasteiger partial charge in [0.1, 0.15) is 11.2 Å². The Kier molecular flexibility index (Phi) is 6.81. The lowest BCUT2D eigenvalue weighted by molar-refractivity contribution is -0.155. The zero-order chi connectivity index (χ0) is 23.5. The van der Waals surface area contributed by atoms with Crippen LogP contribution in [0.2, 0.25) is 0 Å². The van der Waals surface area contributed by atoms with Crippen LogP contribution in [0.4, 0.5) is 0 Å². The molecule has 0 radical (unpaired) electrons. The summed E-state index contributed by atoms with van der Waals surface area (Å²) in [5, 5.41) is 5.33. The molecule has 0 saturated heterocycles. The van der Waals surface area contributed by atoms with E-state index in [0.717, 1.165) is 5.56 Å². The van der Waals surface area contributed by atoms with Gasteiger partial charge in [-0.1, -0.05) is 30.3 Å². The highest BCUT2D eigenvalue weighted by molar-refractivity contribution is 5.99. The molecule has 1 fully saturated rings. The molecule has 0 aliphatic heterocycles. The molecule has 2 amide bonds. The Morgan fingerprint density at radius 3 is 2.44 bits per heavy atom.